The first kappa shape index (κ1) is 22.6. The largest absolute Gasteiger partial charge is 0.480 e. The highest BCUT2D eigenvalue weighted by Crippen LogP contribution is 2.49. The van der Waals surface area contributed by atoms with Crippen molar-refractivity contribution in [1.29, 1.82) is 0 Å². The molecule has 0 radical (unpaired) electrons. The summed E-state index contributed by atoms with van der Waals surface area (Å²) >= 11 is 1.67. The van der Waals surface area contributed by atoms with E-state index < -0.39 is 21.8 Å². The predicted octanol–water partition coefficient (Wildman–Crippen LogP) is 6.09. The van der Waals surface area contributed by atoms with Crippen molar-refractivity contribution in [2.24, 2.45) is 0 Å². The van der Waals surface area contributed by atoms with E-state index in [9.17, 15) is 9.90 Å². The zero-order valence-electron chi connectivity index (χ0n) is 18.8. The van der Waals surface area contributed by atoms with Gasteiger partial charge in [-0.05, 0) is 42.7 Å². The van der Waals surface area contributed by atoms with Crippen molar-refractivity contribution >= 4 is 17.7 Å². The minimum absolute atomic E-state index is 0.444. The smallest absolute Gasteiger partial charge is 0.325 e. The Kier molecular flexibility index (Phi) is 6.45. The third-order valence-corrected chi connectivity index (χ3v) is 8.65. The maximum atomic E-state index is 13.1. The predicted molar refractivity (Wildman–Crippen MR) is 133 cm³/mol. The summed E-state index contributed by atoms with van der Waals surface area (Å²) in [6, 6.07) is 30.8. The zero-order valence-corrected chi connectivity index (χ0v) is 19.6. The molecule has 1 saturated carbocycles. The van der Waals surface area contributed by atoms with Gasteiger partial charge in [0.1, 0.15) is 5.54 Å². The van der Waals surface area contributed by atoms with Gasteiger partial charge >= 0.3 is 5.97 Å². The molecule has 0 aromatic heterocycles. The highest BCUT2D eigenvalue weighted by atomic mass is 32.2. The summed E-state index contributed by atoms with van der Waals surface area (Å²) < 4.78 is -0.444. The van der Waals surface area contributed by atoms with E-state index in [1.165, 1.54) is 0 Å². The van der Waals surface area contributed by atoms with Crippen LogP contribution >= 0.6 is 11.8 Å². The number of carboxylic acid groups (broad SMARTS) is 1. The molecule has 2 N–H and O–H groups in total. The van der Waals surface area contributed by atoms with E-state index in [1.807, 2.05) is 60.9 Å². The molecule has 0 aliphatic heterocycles. The van der Waals surface area contributed by atoms with Crippen molar-refractivity contribution < 1.29 is 9.90 Å². The minimum atomic E-state index is -1.09. The van der Waals surface area contributed by atoms with Crippen LogP contribution in [0.3, 0.4) is 0 Å². The molecule has 0 amide bonds. The molecule has 32 heavy (non-hydrogen) atoms. The van der Waals surface area contributed by atoms with E-state index in [0.29, 0.717) is 6.42 Å². The molecule has 3 aromatic carbocycles. The van der Waals surface area contributed by atoms with Gasteiger partial charge in [-0.2, -0.15) is 11.8 Å². The number of carbonyl (C=O) groups is 1. The van der Waals surface area contributed by atoms with Gasteiger partial charge in [0.05, 0.1) is 5.54 Å². The Morgan fingerprint density at radius 2 is 1.22 bits per heavy atom. The lowest BCUT2D eigenvalue weighted by Gasteiger charge is -2.53. The third kappa shape index (κ3) is 3.66. The number of nitrogens with one attached hydrogen (secondary N) is 1. The maximum Gasteiger partial charge on any atom is 0.325 e. The molecule has 4 heteroatoms. The van der Waals surface area contributed by atoms with E-state index in [0.717, 1.165) is 36.0 Å². The summed E-state index contributed by atoms with van der Waals surface area (Å²) in [6.45, 7) is 2.11. The molecule has 0 heterocycles. The minimum Gasteiger partial charge on any atom is -0.480 e. The van der Waals surface area contributed by atoms with Crippen LogP contribution in [0, 0.1) is 0 Å². The molecule has 0 saturated heterocycles. The second-order valence-electron chi connectivity index (χ2n) is 8.83. The molecule has 0 bridgehead atoms. The lowest BCUT2D eigenvalue weighted by Crippen LogP contribution is -2.71. The van der Waals surface area contributed by atoms with E-state index >= 15 is 0 Å². The van der Waals surface area contributed by atoms with Crippen LogP contribution in [0.15, 0.2) is 91.0 Å². The van der Waals surface area contributed by atoms with Crippen LogP contribution < -0.4 is 5.32 Å². The Bertz CT molecular complexity index is 944. The van der Waals surface area contributed by atoms with Crippen LogP contribution in [-0.4, -0.2) is 27.6 Å². The molecule has 3 nitrogen and oxygen atoms in total. The third-order valence-electron chi connectivity index (χ3n) is 7.20. The normalized spacial score (nSPS) is 23.6. The van der Waals surface area contributed by atoms with Crippen LogP contribution in [0.25, 0.3) is 0 Å². The van der Waals surface area contributed by atoms with Gasteiger partial charge in [-0.15, -0.1) is 0 Å². The topological polar surface area (TPSA) is 49.3 Å². The van der Waals surface area contributed by atoms with Crippen LogP contribution in [0.1, 0.15) is 49.3 Å². The van der Waals surface area contributed by atoms with E-state index in [1.54, 1.807) is 11.8 Å². The molecule has 3 aromatic rings. The molecular formula is C28H31NO2S. The van der Waals surface area contributed by atoms with E-state index in [-0.39, 0.29) is 0 Å². The molecule has 2 atom stereocenters. The molecule has 1 fully saturated rings. The number of thioether (sulfide) groups is 1. The lowest BCUT2D eigenvalue weighted by atomic mass is 9.68. The number of benzene rings is 3. The van der Waals surface area contributed by atoms with Gasteiger partial charge in [-0.3, -0.25) is 10.1 Å². The lowest BCUT2D eigenvalue weighted by molar-refractivity contribution is -0.148. The molecule has 4 rings (SSSR count). The monoisotopic (exact) mass is 445 g/mol. The quantitative estimate of drug-likeness (QED) is 0.432. The fourth-order valence-electron chi connectivity index (χ4n) is 5.29. The van der Waals surface area contributed by atoms with Gasteiger partial charge in [0, 0.05) is 4.75 Å². The first-order valence-corrected chi connectivity index (χ1v) is 12.5. The summed E-state index contributed by atoms with van der Waals surface area (Å²) in [7, 11) is 0. The first-order chi connectivity index (χ1) is 15.5. The zero-order chi connectivity index (χ0) is 22.7. The Morgan fingerprint density at radius 3 is 1.59 bits per heavy atom. The van der Waals surface area contributed by atoms with Crippen molar-refractivity contribution in [3.05, 3.63) is 108 Å². The van der Waals surface area contributed by atoms with Crippen molar-refractivity contribution in [1.82, 2.24) is 5.32 Å². The number of rotatable bonds is 7. The first-order valence-electron chi connectivity index (χ1n) is 11.2. The Labute approximate surface area is 195 Å². The SMILES string of the molecule is CSC1(C)CCCCC1(NC(c1ccccc1)(c1ccccc1)c1ccccc1)C(=O)O. The van der Waals surface area contributed by atoms with Gasteiger partial charge in [0.25, 0.3) is 0 Å². The molecule has 1 aliphatic rings. The number of hydrogen-bond acceptors (Lipinski definition) is 3. The highest BCUT2D eigenvalue weighted by molar-refractivity contribution is 8.00. The summed E-state index contributed by atoms with van der Waals surface area (Å²) in [4.78, 5) is 13.1. The van der Waals surface area contributed by atoms with E-state index in [4.69, 9.17) is 0 Å². The van der Waals surface area contributed by atoms with Crippen molar-refractivity contribution in [2.75, 3.05) is 6.26 Å². The average molecular weight is 446 g/mol. The highest BCUT2D eigenvalue weighted by Gasteiger charge is 2.59. The number of hydrogen-bond donors (Lipinski definition) is 2. The molecule has 166 valence electrons. The number of aliphatic carboxylic acids is 1. The van der Waals surface area contributed by atoms with Crippen LogP contribution in [0.5, 0.6) is 0 Å². The van der Waals surface area contributed by atoms with Gasteiger partial charge in [-0.25, -0.2) is 0 Å². The summed E-state index contributed by atoms with van der Waals surface area (Å²) in [5.41, 5.74) is 1.20. The van der Waals surface area contributed by atoms with Gasteiger partial charge in [0.2, 0.25) is 0 Å². The fraction of sp³-hybridized carbons (Fsp3) is 0.321. The maximum absolute atomic E-state index is 13.1. The van der Waals surface area contributed by atoms with Crippen molar-refractivity contribution in [3.63, 3.8) is 0 Å². The Morgan fingerprint density at radius 1 is 0.812 bits per heavy atom. The van der Waals surface area contributed by atoms with Crippen LogP contribution in [0.2, 0.25) is 0 Å². The molecule has 1 aliphatic carbocycles. The van der Waals surface area contributed by atoms with Gasteiger partial charge < -0.3 is 5.11 Å². The Hall–Kier alpha value is -2.56. The summed E-state index contributed by atoms with van der Waals surface area (Å²) in [5, 5.41) is 14.6. The van der Waals surface area contributed by atoms with E-state index in [2.05, 4.69) is 48.6 Å². The summed E-state index contributed by atoms with van der Waals surface area (Å²) in [5.74, 6) is -0.777. The van der Waals surface area contributed by atoms with Crippen LogP contribution in [-0.2, 0) is 10.3 Å². The summed E-state index contributed by atoms with van der Waals surface area (Å²) in [6.07, 6.45) is 5.43. The Balaban J connectivity index is 2.05. The second kappa shape index (κ2) is 9.13. The van der Waals surface area contributed by atoms with Gasteiger partial charge in [0.15, 0.2) is 0 Å². The van der Waals surface area contributed by atoms with Crippen molar-refractivity contribution in [3.8, 4) is 0 Å². The van der Waals surface area contributed by atoms with Crippen molar-refractivity contribution in [2.45, 2.75) is 48.4 Å². The molecular weight excluding hydrogens is 414 g/mol. The van der Waals surface area contributed by atoms with Crippen LogP contribution in [0.4, 0.5) is 0 Å². The van der Waals surface area contributed by atoms with Gasteiger partial charge in [-0.1, -0.05) is 104 Å². The number of carboxylic acids is 1. The fourth-order valence-corrected chi connectivity index (χ4v) is 6.23. The molecule has 0 spiro atoms. The molecule has 2 unspecified atom stereocenters. The second-order valence-corrected chi connectivity index (χ2v) is 10.1. The standard InChI is InChI=1S/C28H31NO2S/c1-26(32-2)20-12-13-21-27(26,25(30)31)29-28(22-14-6-3-7-15-22,23-16-8-4-9-17-23)24-18-10-5-11-19-24/h3-11,14-19,29H,12-13,20-21H2,1-2H3,(H,30,31). The average Bonchev–Trinajstić information content (AvgIpc) is 2.85.